The lowest BCUT2D eigenvalue weighted by Crippen LogP contribution is -2.05. The van der Waals surface area contributed by atoms with Crippen molar-refractivity contribution in [2.75, 3.05) is 0 Å². The molecule has 0 atom stereocenters. The first-order valence-electron chi connectivity index (χ1n) is 5.64. The fourth-order valence-electron chi connectivity index (χ4n) is 1.56. The molecule has 0 aliphatic carbocycles. The number of allylic oxidation sites excluding steroid dienone is 1. The van der Waals surface area contributed by atoms with Crippen molar-refractivity contribution in [3.8, 4) is 6.07 Å². The van der Waals surface area contributed by atoms with Gasteiger partial charge >= 0.3 is 0 Å². The largest absolute Gasteiger partial charge is 0.468 e. The molecule has 1 heterocycles. The second-order valence-electron chi connectivity index (χ2n) is 4.01. The van der Waals surface area contributed by atoms with Crippen LogP contribution in [0, 0.1) is 11.3 Å². The van der Waals surface area contributed by atoms with E-state index in [1.807, 2.05) is 0 Å². The van der Waals surface area contributed by atoms with Crippen LogP contribution in [0.1, 0.15) is 11.3 Å². The second-order valence-corrected chi connectivity index (χ2v) is 6.40. The Balaban J connectivity index is 2.32. The van der Waals surface area contributed by atoms with Crippen LogP contribution in [0.15, 0.2) is 52.0 Å². The smallest absolute Gasteiger partial charge is 0.195 e. The molecule has 4 nitrogen and oxygen atoms in total. The molecule has 102 valence electrons. The van der Waals surface area contributed by atoms with Gasteiger partial charge in [0.1, 0.15) is 22.5 Å². The molecule has 6 heteroatoms. The molecule has 0 unspecified atom stereocenters. The predicted octanol–water partition coefficient (Wildman–Crippen LogP) is 3.41. The normalized spacial score (nSPS) is 12.1. The van der Waals surface area contributed by atoms with E-state index in [4.69, 9.17) is 21.3 Å². The van der Waals surface area contributed by atoms with Crippen molar-refractivity contribution in [1.82, 2.24) is 0 Å². The average Bonchev–Trinajstić information content (AvgIpc) is 2.90. The summed E-state index contributed by atoms with van der Waals surface area (Å²) in [7, 11) is -3.73. The first-order chi connectivity index (χ1) is 9.51. The number of halogens is 1. The monoisotopic (exact) mass is 307 g/mol. The molecule has 0 bridgehead atoms. The van der Waals surface area contributed by atoms with Gasteiger partial charge in [0.2, 0.25) is 0 Å². The Kier molecular flexibility index (Phi) is 4.28. The summed E-state index contributed by atoms with van der Waals surface area (Å²) in [6.07, 6.45) is 2.70. The summed E-state index contributed by atoms with van der Waals surface area (Å²) in [6, 6.07) is 11.4. The van der Waals surface area contributed by atoms with Crippen LogP contribution in [0.5, 0.6) is 0 Å². The van der Waals surface area contributed by atoms with Gasteiger partial charge in [0.15, 0.2) is 9.84 Å². The van der Waals surface area contributed by atoms with Gasteiger partial charge in [0, 0.05) is 5.02 Å². The van der Waals surface area contributed by atoms with Crippen molar-refractivity contribution in [3.05, 3.63) is 63.9 Å². The number of hydrogen-bond acceptors (Lipinski definition) is 4. The third kappa shape index (κ3) is 3.50. The minimum atomic E-state index is -3.73. The maximum absolute atomic E-state index is 12.1. The molecule has 2 rings (SSSR count). The van der Waals surface area contributed by atoms with Gasteiger partial charge in [0.05, 0.1) is 6.26 Å². The van der Waals surface area contributed by atoms with Crippen LogP contribution < -0.4 is 0 Å². The van der Waals surface area contributed by atoms with Crippen molar-refractivity contribution in [3.63, 3.8) is 0 Å². The third-order valence-electron chi connectivity index (χ3n) is 2.53. The van der Waals surface area contributed by atoms with E-state index < -0.39 is 9.84 Å². The summed E-state index contributed by atoms with van der Waals surface area (Å²) in [5, 5.41) is 9.59. The number of rotatable bonds is 4. The van der Waals surface area contributed by atoms with Crippen molar-refractivity contribution in [2.45, 2.75) is 5.75 Å². The van der Waals surface area contributed by atoms with Gasteiger partial charge in [-0.05, 0) is 35.9 Å². The Morgan fingerprint density at radius 3 is 2.55 bits per heavy atom. The Hall–Kier alpha value is -2.03. The summed E-state index contributed by atoms with van der Waals surface area (Å²) in [5.41, 5.74) is 0.592. The van der Waals surface area contributed by atoms with E-state index in [2.05, 4.69) is 0 Å². The lowest BCUT2D eigenvalue weighted by molar-refractivity contribution is 0.522. The zero-order valence-corrected chi connectivity index (χ0v) is 11.9. The van der Waals surface area contributed by atoms with Crippen molar-refractivity contribution in [2.24, 2.45) is 0 Å². The van der Waals surface area contributed by atoms with Gasteiger partial charge in [-0.25, -0.2) is 8.42 Å². The van der Waals surface area contributed by atoms with Crippen LogP contribution in [0.2, 0.25) is 5.02 Å². The molecule has 0 saturated carbocycles. The molecule has 1 aromatic heterocycles. The van der Waals surface area contributed by atoms with Gasteiger partial charge in [-0.1, -0.05) is 23.7 Å². The molecule has 0 aliphatic rings. The lowest BCUT2D eigenvalue weighted by atomic mass is 10.2. The summed E-state index contributed by atoms with van der Waals surface area (Å²) in [4.78, 5) is -0.309. The first-order valence-corrected chi connectivity index (χ1v) is 7.67. The van der Waals surface area contributed by atoms with E-state index in [-0.39, 0.29) is 10.7 Å². The van der Waals surface area contributed by atoms with Crippen LogP contribution >= 0.6 is 11.6 Å². The van der Waals surface area contributed by atoms with E-state index in [1.54, 1.807) is 42.5 Å². The van der Waals surface area contributed by atoms with Crippen LogP contribution in [0.3, 0.4) is 0 Å². The van der Waals surface area contributed by atoms with E-state index in [0.717, 1.165) is 0 Å². The van der Waals surface area contributed by atoms with Crippen LogP contribution in [-0.2, 0) is 15.6 Å². The molecule has 0 spiro atoms. The number of nitriles is 1. The van der Waals surface area contributed by atoms with Crippen LogP contribution in [-0.4, -0.2) is 8.42 Å². The number of sulfone groups is 1. The average molecular weight is 308 g/mol. The van der Waals surface area contributed by atoms with Crippen molar-refractivity contribution in [1.29, 1.82) is 5.26 Å². The minimum Gasteiger partial charge on any atom is -0.468 e. The second kappa shape index (κ2) is 5.95. The van der Waals surface area contributed by atoms with Crippen molar-refractivity contribution >= 4 is 27.5 Å². The zero-order chi connectivity index (χ0) is 14.6. The number of furan rings is 1. The highest BCUT2D eigenvalue weighted by molar-refractivity contribution is 7.94. The van der Waals surface area contributed by atoms with E-state index >= 15 is 0 Å². The third-order valence-corrected chi connectivity index (χ3v) is 4.32. The Morgan fingerprint density at radius 2 is 2.00 bits per heavy atom. The molecular weight excluding hydrogens is 298 g/mol. The zero-order valence-electron chi connectivity index (χ0n) is 10.3. The fourth-order valence-corrected chi connectivity index (χ4v) is 2.84. The molecule has 0 fully saturated rings. The molecule has 2 aromatic rings. The molecule has 20 heavy (non-hydrogen) atoms. The highest BCUT2D eigenvalue weighted by atomic mass is 35.5. The van der Waals surface area contributed by atoms with Crippen LogP contribution in [0.25, 0.3) is 6.08 Å². The van der Waals surface area contributed by atoms with E-state index in [1.165, 1.54) is 12.3 Å². The van der Waals surface area contributed by atoms with E-state index in [9.17, 15) is 8.42 Å². The molecule has 0 radical (unpaired) electrons. The van der Waals surface area contributed by atoms with Crippen molar-refractivity contribution < 1.29 is 12.8 Å². The highest BCUT2D eigenvalue weighted by Crippen LogP contribution is 2.18. The van der Waals surface area contributed by atoms with Gasteiger partial charge in [-0.3, -0.25) is 0 Å². The Morgan fingerprint density at radius 1 is 1.30 bits per heavy atom. The summed E-state index contributed by atoms with van der Waals surface area (Å²) in [5.74, 6) is -0.0465. The van der Waals surface area contributed by atoms with Crippen LogP contribution in [0.4, 0.5) is 0 Å². The fraction of sp³-hybridized carbons (Fsp3) is 0.0714. The van der Waals surface area contributed by atoms with Gasteiger partial charge in [0.25, 0.3) is 0 Å². The maximum Gasteiger partial charge on any atom is 0.195 e. The predicted molar refractivity (Wildman–Crippen MR) is 76.4 cm³/mol. The lowest BCUT2D eigenvalue weighted by Gasteiger charge is -2.01. The molecule has 1 aromatic carbocycles. The molecule has 0 aliphatic heterocycles. The number of nitrogens with zero attached hydrogens (tertiary/aromatic N) is 1. The number of hydrogen-bond donors (Lipinski definition) is 0. The topological polar surface area (TPSA) is 71.1 Å². The minimum absolute atomic E-state index is 0.294. The number of benzene rings is 1. The Bertz CT molecular complexity index is 754. The Labute approximate surface area is 121 Å². The molecule has 0 amide bonds. The highest BCUT2D eigenvalue weighted by Gasteiger charge is 2.20. The summed E-state index contributed by atoms with van der Waals surface area (Å²) >= 11 is 5.75. The molecule has 0 saturated heterocycles. The summed E-state index contributed by atoms with van der Waals surface area (Å²) in [6.45, 7) is 0. The van der Waals surface area contributed by atoms with Gasteiger partial charge in [-0.15, -0.1) is 0 Å². The molecular formula is C14H10ClNO3S. The van der Waals surface area contributed by atoms with E-state index in [0.29, 0.717) is 16.3 Å². The quantitative estimate of drug-likeness (QED) is 0.811. The SMILES string of the molecule is N#C/C(=C\c1ccc(Cl)cc1)S(=O)(=O)Cc1ccco1. The first kappa shape index (κ1) is 14.4. The van der Waals surface area contributed by atoms with Gasteiger partial charge < -0.3 is 4.42 Å². The van der Waals surface area contributed by atoms with Gasteiger partial charge in [-0.2, -0.15) is 5.26 Å². The maximum atomic E-state index is 12.1. The summed E-state index contributed by atoms with van der Waals surface area (Å²) < 4.78 is 29.2. The molecule has 0 N–H and O–H groups in total. The standard InChI is InChI=1S/C14H10ClNO3S/c15-12-5-3-11(4-6-12)8-14(9-16)20(17,18)10-13-2-1-7-19-13/h1-8H,10H2/b14-8+.